The monoisotopic (exact) mass is 446 g/mol. The quantitative estimate of drug-likeness (QED) is 0.320. The fourth-order valence-electron chi connectivity index (χ4n) is 2.72. The molecule has 2 rings (SSSR count). The summed E-state index contributed by atoms with van der Waals surface area (Å²) in [7, 11) is -2.70. The van der Waals surface area contributed by atoms with Crippen LogP contribution in [-0.4, -0.2) is 57.1 Å². The highest BCUT2D eigenvalue weighted by Gasteiger charge is 2.24. The molecule has 0 saturated carbocycles. The number of Topliss-reactive ketones (excluding diaryl/α,β-unsaturated/α-hetero) is 1. The van der Waals surface area contributed by atoms with Crippen LogP contribution in [0.25, 0.3) is 0 Å². The van der Waals surface area contributed by atoms with Crippen molar-refractivity contribution < 1.29 is 27.5 Å². The third-order valence-electron chi connectivity index (χ3n) is 4.49. The summed E-state index contributed by atoms with van der Waals surface area (Å²) in [5.41, 5.74) is 1.55. The summed E-state index contributed by atoms with van der Waals surface area (Å²) >= 11 is 0. The summed E-state index contributed by atoms with van der Waals surface area (Å²) in [4.78, 5) is 35.0. The molecule has 0 unspecified atom stereocenters. The summed E-state index contributed by atoms with van der Waals surface area (Å²) < 4.78 is 30.8. The number of esters is 1. The van der Waals surface area contributed by atoms with Gasteiger partial charge in [-0.05, 0) is 37.5 Å². The van der Waals surface area contributed by atoms with Crippen molar-refractivity contribution in [2.75, 3.05) is 26.7 Å². The van der Waals surface area contributed by atoms with E-state index in [9.17, 15) is 22.8 Å². The number of hydrogen-bond donors (Lipinski definition) is 1. The largest absolute Gasteiger partial charge is 0.455 e. The minimum atomic E-state index is -3.94. The molecule has 0 aromatic heterocycles. The molecular formula is C22H26N2O6S. The molecular weight excluding hydrogens is 420 g/mol. The SMILES string of the molecule is CC(=O)c1ccc(S(=O)(=O)N(C)CC(=O)OCC(=O)NCCCc2ccccc2)cc1. The van der Waals surface area contributed by atoms with Gasteiger partial charge in [0.15, 0.2) is 12.4 Å². The molecule has 0 bridgehead atoms. The highest BCUT2D eigenvalue weighted by atomic mass is 32.2. The molecule has 0 spiro atoms. The Balaban J connectivity index is 1.74. The maximum atomic E-state index is 12.5. The van der Waals surface area contributed by atoms with E-state index in [1.807, 2.05) is 30.3 Å². The summed E-state index contributed by atoms with van der Waals surface area (Å²) in [6, 6.07) is 15.3. The lowest BCUT2D eigenvalue weighted by molar-refractivity contribution is -0.148. The molecule has 31 heavy (non-hydrogen) atoms. The number of rotatable bonds is 11. The first-order chi connectivity index (χ1) is 14.7. The van der Waals surface area contributed by atoms with Crippen molar-refractivity contribution in [3.63, 3.8) is 0 Å². The molecule has 2 aromatic carbocycles. The van der Waals surface area contributed by atoms with Crippen LogP contribution in [0.5, 0.6) is 0 Å². The first-order valence-electron chi connectivity index (χ1n) is 9.73. The van der Waals surface area contributed by atoms with Crippen molar-refractivity contribution in [2.24, 2.45) is 0 Å². The lowest BCUT2D eigenvalue weighted by Crippen LogP contribution is -2.35. The van der Waals surface area contributed by atoms with E-state index in [-0.39, 0.29) is 10.7 Å². The average molecular weight is 447 g/mol. The fourth-order valence-corrected chi connectivity index (χ4v) is 3.83. The van der Waals surface area contributed by atoms with Gasteiger partial charge >= 0.3 is 5.97 Å². The molecule has 9 heteroatoms. The maximum Gasteiger partial charge on any atom is 0.321 e. The van der Waals surface area contributed by atoms with Gasteiger partial charge in [-0.1, -0.05) is 42.5 Å². The van der Waals surface area contributed by atoms with Crippen LogP contribution >= 0.6 is 0 Å². The molecule has 0 fully saturated rings. The Morgan fingerprint density at radius 1 is 1.00 bits per heavy atom. The zero-order valence-electron chi connectivity index (χ0n) is 17.5. The standard InChI is InChI=1S/C22H26N2O6S/c1-17(25)19-10-12-20(13-11-19)31(28,29)24(2)15-22(27)30-16-21(26)23-14-6-9-18-7-4-3-5-8-18/h3-5,7-8,10-13H,6,9,14-16H2,1-2H3,(H,23,26). The Bertz CT molecular complexity index is 1000. The van der Waals surface area contributed by atoms with Crippen LogP contribution < -0.4 is 5.32 Å². The van der Waals surface area contributed by atoms with Crippen LogP contribution in [0.3, 0.4) is 0 Å². The molecule has 2 aromatic rings. The van der Waals surface area contributed by atoms with Crippen molar-refractivity contribution in [1.82, 2.24) is 9.62 Å². The number of nitrogens with one attached hydrogen (secondary N) is 1. The van der Waals surface area contributed by atoms with Crippen LogP contribution in [0.1, 0.15) is 29.3 Å². The van der Waals surface area contributed by atoms with E-state index in [1.165, 1.54) is 43.8 Å². The van der Waals surface area contributed by atoms with Gasteiger partial charge in [-0.2, -0.15) is 4.31 Å². The topological polar surface area (TPSA) is 110 Å². The molecule has 0 radical (unpaired) electrons. The Morgan fingerprint density at radius 2 is 1.65 bits per heavy atom. The third kappa shape index (κ3) is 7.62. The van der Waals surface area contributed by atoms with Crippen molar-refractivity contribution in [2.45, 2.75) is 24.7 Å². The van der Waals surface area contributed by atoms with E-state index >= 15 is 0 Å². The Kier molecular flexibility index (Phi) is 8.89. The summed E-state index contributed by atoms with van der Waals surface area (Å²) in [5.74, 6) is -1.48. The molecule has 0 aliphatic heterocycles. The lowest BCUT2D eigenvalue weighted by Gasteiger charge is -2.16. The fraction of sp³-hybridized carbons (Fsp3) is 0.318. The molecule has 166 valence electrons. The predicted octanol–water partition coefficient (Wildman–Crippen LogP) is 1.80. The van der Waals surface area contributed by atoms with Gasteiger partial charge in [0.05, 0.1) is 4.90 Å². The third-order valence-corrected chi connectivity index (χ3v) is 6.31. The second kappa shape index (κ2) is 11.4. The molecule has 0 aliphatic carbocycles. The van der Waals surface area contributed by atoms with Crippen LogP contribution in [0.15, 0.2) is 59.5 Å². The maximum absolute atomic E-state index is 12.5. The van der Waals surface area contributed by atoms with Gasteiger partial charge in [-0.15, -0.1) is 0 Å². The Morgan fingerprint density at radius 3 is 2.26 bits per heavy atom. The first kappa shape index (κ1) is 24.2. The molecule has 0 saturated heterocycles. The summed E-state index contributed by atoms with van der Waals surface area (Å²) in [6.07, 6.45) is 1.56. The molecule has 0 atom stereocenters. The second-order valence-corrected chi connectivity index (χ2v) is 8.99. The number of carbonyl (C=O) groups is 3. The number of amides is 1. The molecule has 1 amide bonds. The zero-order valence-corrected chi connectivity index (χ0v) is 18.4. The minimum absolute atomic E-state index is 0.0519. The van der Waals surface area contributed by atoms with Gasteiger partial charge in [0, 0.05) is 19.2 Å². The highest BCUT2D eigenvalue weighted by molar-refractivity contribution is 7.89. The molecule has 0 heterocycles. The average Bonchev–Trinajstić information content (AvgIpc) is 2.76. The molecule has 1 N–H and O–H groups in total. The van der Waals surface area contributed by atoms with Gasteiger partial charge in [-0.25, -0.2) is 8.42 Å². The first-order valence-corrected chi connectivity index (χ1v) is 11.2. The molecule has 8 nitrogen and oxygen atoms in total. The summed E-state index contributed by atoms with van der Waals surface area (Å²) in [6.45, 7) is 0.796. The Labute approximate surface area is 182 Å². The number of nitrogens with zero attached hydrogens (tertiary/aromatic N) is 1. The van der Waals surface area contributed by atoms with E-state index in [2.05, 4.69) is 5.32 Å². The van der Waals surface area contributed by atoms with Crippen molar-refractivity contribution >= 4 is 27.7 Å². The zero-order chi connectivity index (χ0) is 22.9. The lowest BCUT2D eigenvalue weighted by atomic mass is 10.1. The number of hydrogen-bond acceptors (Lipinski definition) is 6. The van der Waals surface area contributed by atoms with Gasteiger partial charge in [0.25, 0.3) is 5.91 Å². The number of carbonyl (C=O) groups excluding carboxylic acids is 3. The van der Waals surface area contributed by atoms with Gasteiger partial charge in [0.1, 0.15) is 6.54 Å². The summed E-state index contributed by atoms with van der Waals surface area (Å²) in [5, 5.41) is 2.66. The number of ketones is 1. The predicted molar refractivity (Wildman–Crippen MR) is 115 cm³/mol. The van der Waals surface area contributed by atoms with Gasteiger partial charge < -0.3 is 10.1 Å². The number of aryl methyl sites for hydroxylation is 1. The number of ether oxygens (including phenoxy) is 1. The second-order valence-electron chi connectivity index (χ2n) is 6.94. The number of sulfonamides is 1. The van der Waals surface area contributed by atoms with Crippen LogP contribution in [0.2, 0.25) is 0 Å². The van der Waals surface area contributed by atoms with Gasteiger partial charge in [-0.3, -0.25) is 14.4 Å². The molecule has 0 aliphatic rings. The van der Waals surface area contributed by atoms with Crippen molar-refractivity contribution in [1.29, 1.82) is 0 Å². The van der Waals surface area contributed by atoms with E-state index in [0.29, 0.717) is 12.1 Å². The smallest absolute Gasteiger partial charge is 0.321 e. The van der Waals surface area contributed by atoms with E-state index in [4.69, 9.17) is 4.74 Å². The minimum Gasteiger partial charge on any atom is -0.455 e. The van der Waals surface area contributed by atoms with Crippen LogP contribution in [0, 0.1) is 0 Å². The number of benzene rings is 2. The van der Waals surface area contributed by atoms with E-state index < -0.39 is 35.1 Å². The van der Waals surface area contributed by atoms with E-state index in [1.54, 1.807) is 0 Å². The van der Waals surface area contributed by atoms with Crippen LogP contribution in [0.4, 0.5) is 0 Å². The normalized spacial score (nSPS) is 11.2. The van der Waals surface area contributed by atoms with Gasteiger partial charge in [0.2, 0.25) is 10.0 Å². The van der Waals surface area contributed by atoms with Crippen molar-refractivity contribution in [3.05, 3.63) is 65.7 Å². The highest BCUT2D eigenvalue weighted by Crippen LogP contribution is 2.15. The number of likely N-dealkylation sites (N-methyl/N-ethyl adjacent to an activating group) is 1. The Hall–Kier alpha value is -3.04. The van der Waals surface area contributed by atoms with Crippen LogP contribution in [-0.2, 0) is 30.8 Å². The van der Waals surface area contributed by atoms with E-state index in [0.717, 1.165) is 17.1 Å². The van der Waals surface area contributed by atoms with Crippen molar-refractivity contribution in [3.8, 4) is 0 Å².